The molecule has 1 N–H and O–H groups in total. The van der Waals surface area contributed by atoms with Gasteiger partial charge in [0.1, 0.15) is 12.6 Å². The van der Waals surface area contributed by atoms with Gasteiger partial charge in [0, 0.05) is 28.9 Å². The lowest BCUT2D eigenvalue weighted by Gasteiger charge is -2.12. The average Bonchev–Trinajstić information content (AvgIpc) is 2.76. The lowest BCUT2D eigenvalue weighted by molar-refractivity contribution is -0.139. The Kier molecular flexibility index (Phi) is 3.41. The maximum Gasteiger partial charge on any atom is 0.406 e. The summed E-state index contributed by atoms with van der Waals surface area (Å²) >= 11 is 5.83. The zero-order chi connectivity index (χ0) is 15.0. The SMILES string of the molecule is FC(F)(F)Cn1cc(C2C=CNC(Cl)=N2)c2ccccc21. The van der Waals surface area contributed by atoms with Gasteiger partial charge in [0.2, 0.25) is 0 Å². The molecule has 1 aliphatic heterocycles. The van der Waals surface area contributed by atoms with E-state index in [9.17, 15) is 13.2 Å². The minimum atomic E-state index is -4.27. The van der Waals surface area contributed by atoms with Gasteiger partial charge in [-0.2, -0.15) is 13.2 Å². The molecule has 0 amide bonds. The Hall–Kier alpha value is -1.95. The fourth-order valence-electron chi connectivity index (χ4n) is 2.42. The van der Waals surface area contributed by atoms with Crippen molar-refractivity contribution in [3.8, 4) is 0 Å². The molecule has 2 aromatic rings. The van der Waals surface area contributed by atoms with E-state index in [0.29, 0.717) is 11.1 Å². The van der Waals surface area contributed by atoms with Gasteiger partial charge in [0.05, 0.1) is 0 Å². The van der Waals surface area contributed by atoms with Crippen molar-refractivity contribution in [3.63, 3.8) is 0 Å². The fourth-order valence-corrected chi connectivity index (χ4v) is 2.59. The van der Waals surface area contributed by atoms with Gasteiger partial charge in [-0.25, -0.2) is 4.99 Å². The van der Waals surface area contributed by atoms with Crippen molar-refractivity contribution < 1.29 is 13.2 Å². The number of aliphatic imine (C=N–C) groups is 1. The molecule has 1 unspecified atom stereocenters. The van der Waals surface area contributed by atoms with Crippen LogP contribution in [0.3, 0.4) is 0 Å². The molecule has 0 bridgehead atoms. The molecule has 0 saturated heterocycles. The van der Waals surface area contributed by atoms with Crippen LogP contribution in [0.25, 0.3) is 10.9 Å². The van der Waals surface area contributed by atoms with Gasteiger partial charge in [-0.15, -0.1) is 0 Å². The maximum absolute atomic E-state index is 12.7. The average molecular weight is 314 g/mol. The molecule has 1 aliphatic rings. The van der Waals surface area contributed by atoms with Gasteiger partial charge in [0.15, 0.2) is 5.29 Å². The van der Waals surface area contributed by atoms with Gasteiger partial charge < -0.3 is 9.88 Å². The summed E-state index contributed by atoms with van der Waals surface area (Å²) in [6, 6.07) is 6.57. The van der Waals surface area contributed by atoms with Gasteiger partial charge >= 0.3 is 6.18 Å². The number of amidine groups is 1. The van der Waals surface area contributed by atoms with Gasteiger partial charge in [-0.05, 0) is 23.7 Å². The largest absolute Gasteiger partial charge is 0.406 e. The molecule has 1 aromatic heterocycles. The van der Waals surface area contributed by atoms with E-state index in [-0.39, 0.29) is 5.29 Å². The lowest BCUT2D eigenvalue weighted by atomic mass is 10.1. The second-order valence-electron chi connectivity index (χ2n) is 4.71. The third kappa shape index (κ3) is 2.90. The zero-order valence-corrected chi connectivity index (χ0v) is 11.5. The molecule has 0 spiro atoms. The highest BCUT2D eigenvalue weighted by Gasteiger charge is 2.29. The first-order chi connectivity index (χ1) is 9.94. The number of alkyl halides is 3. The van der Waals surface area contributed by atoms with Crippen molar-refractivity contribution in [1.29, 1.82) is 0 Å². The highest BCUT2D eigenvalue weighted by Crippen LogP contribution is 2.32. The van der Waals surface area contributed by atoms with Crippen molar-refractivity contribution in [2.75, 3.05) is 0 Å². The van der Waals surface area contributed by atoms with E-state index in [1.807, 2.05) is 0 Å². The quantitative estimate of drug-likeness (QED) is 0.836. The van der Waals surface area contributed by atoms with Gasteiger partial charge in [-0.1, -0.05) is 18.2 Å². The van der Waals surface area contributed by atoms with E-state index in [4.69, 9.17) is 11.6 Å². The number of fused-ring (bicyclic) bond motifs is 1. The molecule has 2 heterocycles. The molecule has 7 heteroatoms. The third-order valence-corrected chi connectivity index (χ3v) is 3.43. The first kappa shape index (κ1) is 14.0. The lowest BCUT2D eigenvalue weighted by Crippen LogP contribution is -2.17. The Morgan fingerprint density at radius 3 is 2.76 bits per heavy atom. The molecular formula is C14H11ClF3N3. The Bertz CT molecular complexity index is 731. The van der Waals surface area contributed by atoms with Crippen LogP contribution in [0.5, 0.6) is 0 Å². The highest BCUT2D eigenvalue weighted by molar-refractivity contribution is 6.64. The first-order valence-corrected chi connectivity index (χ1v) is 6.63. The second-order valence-corrected chi connectivity index (χ2v) is 5.07. The first-order valence-electron chi connectivity index (χ1n) is 6.25. The minimum absolute atomic E-state index is 0.218. The molecule has 0 aliphatic carbocycles. The van der Waals surface area contributed by atoms with Gasteiger partial charge in [0.25, 0.3) is 0 Å². The smallest absolute Gasteiger partial charge is 0.338 e. The Balaban J connectivity index is 2.11. The highest BCUT2D eigenvalue weighted by atomic mass is 35.5. The van der Waals surface area contributed by atoms with Crippen LogP contribution in [-0.2, 0) is 6.54 Å². The van der Waals surface area contributed by atoms with Crippen molar-refractivity contribution >= 4 is 27.8 Å². The number of rotatable bonds is 2. The van der Waals surface area contributed by atoms with Crippen LogP contribution in [0.15, 0.2) is 47.7 Å². The number of hydrogen-bond donors (Lipinski definition) is 1. The van der Waals surface area contributed by atoms with E-state index < -0.39 is 18.8 Å². The molecule has 1 atom stereocenters. The van der Waals surface area contributed by atoms with E-state index in [1.54, 1.807) is 36.5 Å². The summed E-state index contributed by atoms with van der Waals surface area (Å²) in [5, 5.41) is 3.68. The zero-order valence-electron chi connectivity index (χ0n) is 10.7. The standard InChI is InChI=1S/C14H11ClF3N3/c15-13-19-6-5-11(20-13)10-7-21(8-14(16,17)18)12-4-2-1-3-9(10)12/h1-7,11H,8H2,(H,19,20). The number of hydrogen-bond acceptors (Lipinski definition) is 2. The molecule has 0 radical (unpaired) electrons. The van der Waals surface area contributed by atoms with Gasteiger partial charge in [-0.3, -0.25) is 0 Å². The van der Waals surface area contributed by atoms with Crippen LogP contribution in [0.4, 0.5) is 13.2 Å². The summed E-state index contributed by atoms with van der Waals surface area (Å²) in [7, 11) is 0. The van der Waals surface area contributed by atoms with E-state index in [2.05, 4.69) is 10.3 Å². The number of nitrogens with zero attached hydrogens (tertiary/aromatic N) is 2. The molecule has 1 aromatic carbocycles. The van der Waals surface area contributed by atoms with Crippen LogP contribution >= 0.6 is 11.6 Å². The van der Waals surface area contributed by atoms with Crippen molar-refractivity contribution in [3.05, 3.63) is 48.3 Å². The number of benzene rings is 1. The van der Waals surface area contributed by atoms with Crippen LogP contribution in [-0.4, -0.2) is 16.0 Å². The molecule has 0 saturated carbocycles. The van der Waals surface area contributed by atoms with E-state index in [0.717, 1.165) is 5.39 Å². The van der Waals surface area contributed by atoms with E-state index >= 15 is 0 Å². The molecule has 21 heavy (non-hydrogen) atoms. The molecule has 110 valence electrons. The van der Waals surface area contributed by atoms with Crippen molar-refractivity contribution in [2.24, 2.45) is 4.99 Å². The predicted molar refractivity (Wildman–Crippen MR) is 76.3 cm³/mol. The Morgan fingerprint density at radius 2 is 2.05 bits per heavy atom. The monoisotopic (exact) mass is 313 g/mol. The van der Waals surface area contributed by atoms with Crippen LogP contribution in [0, 0.1) is 0 Å². The minimum Gasteiger partial charge on any atom is -0.338 e. The normalized spacial score (nSPS) is 18.7. The summed E-state index contributed by atoms with van der Waals surface area (Å²) in [5.41, 5.74) is 1.23. The summed E-state index contributed by atoms with van der Waals surface area (Å²) in [6.45, 7) is -1.03. The van der Waals surface area contributed by atoms with Crippen molar-refractivity contribution in [1.82, 2.24) is 9.88 Å². The maximum atomic E-state index is 12.7. The molecule has 0 fully saturated rings. The Morgan fingerprint density at radius 1 is 1.29 bits per heavy atom. The number of para-hydroxylation sites is 1. The second kappa shape index (κ2) is 5.11. The van der Waals surface area contributed by atoms with Crippen LogP contribution in [0.1, 0.15) is 11.6 Å². The molecule has 3 rings (SSSR count). The predicted octanol–water partition coefficient (Wildman–Crippen LogP) is 3.96. The summed E-state index contributed by atoms with van der Waals surface area (Å²) in [5.74, 6) is 0. The van der Waals surface area contributed by atoms with Crippen molar-refractivity contribution in [2.45, 2.75) is 18.8 Å². The summed E-state index contributed by atoms with van der Waals surface area (Å²) in [4.78, 5) is 4.20. The van der Waals surface area contributed by atoms with Crippen LogP contribution in [0.2, 0.25) is 0 Å². The number of nitrogens with one attached hydrogen (secondary N) is 1. The molecule has 3 nitrogen and oxygen atoms in total. The number of aromatic nitrogens is 1. The number of halogens is 4. The summed E-state index contributed by atoms with van der Waals surface area (Å²) < 4.78 is 39.3. The van der Waals surface area contributed by atoms with Crippen LogP contribution < -0.4 is 5.32 Å². The molecular weight excluding hydrogens is 303 g/mol. The Labute approximate surface area is 123 Å². The fraction of sp³-hybridized carbons (Fsp3) is 0.214. The summed E-state index contributed by atoms with van der Waals surface area (Å²) in [6.07, 6.45) is 0.609. The third-order valence-electron chi connectivity index (χ3n) is 3.22. The topological polar surface area (TPSA) is 29.3 Å². The van der Waals surface area contributed by atoms with E-state index in [1.165, 1.54) is 10.8 Å².